The van der Waals surface area contributed by atoms with Crippen molar-refractivity contribution >= 4 is 0 Å². The van der Waals surface area contributed by atoms with E-state index in [2.05, 4.69) is 28.1 Å². The lowest BCUT2D eigenvalue weighted by Crippen LogP contribution is -2.58. The zero-order valence-electron chi connectivity index (χ0n) is 15.7. The maximum atomic E-state index is 11.7. The summed E-state index contributed by atoms with van der Waals surface area (Å²) in [4.78, 5) is 7.09. The van der Waals surface area contributed by atoms with E-state index in [9.17, 15) is 5.11 Å². The van der Waals surface area contributed by atoms with Crippen LogP contribution in [0, 0.1) is 18.8 Å². The molecule has 4 rings (SSSR count). The molecule has 1 N–H and O–H groups in total. The van der Waals surface area contributed by atoms with Crippen LogP contribution in [0.3, 0.4) is 0 Å². The molecular formula is C22H28N2O2. The first-order valence-corrected chi connectivity index (χ1v) is 9.61. The van der Waals surface area contributed by atoms with Gasteiger partial charge in [-0.3, -0.25) is 9.88 Å². The van der Waals surface area contributed by atoms with Gasteiger partial charge in [0.2, 0.25) is 0 Å². The predicted octanol–water partition coefficient (Wildman–Crippen LogP) is 3.52. The molecule has 2 bridgehead atoms. The van der Waals surface area contributed by atoms with Crippen LogP contribution in [-0.4, -0.2) is 35.2 Å². The minimum atomic E-state index is -0.788. The summed E-state index contributed by atoms with van der Waals surface area (Å²) < 4.78 is 5.52. The number of aromatic nitrogens is 1. The lowest BCUT2D eigenvalue weighted by Gasteiger charge is -2.52. The van der Waals surface area contributed by atoms with Crippen LogP contribution < -0.4 is 4.74 Å². The average molecular weight is 352 g/mol. The monoisotopic (exact) mass is 352 g/mol. The third-order valence-electron chi connectivity index (χ3n) is 6.22. The van der Waals surface area contributed by atoms with Gasteiger partial charge in [-0.05, 0) is 37.5 Å². The molecular weight excluding hydrogens is 324 g/mol. The molecule has 1 aliphatic carbocycles. The molecule has 4 nitrogen and oxygen atoms in total. The summed E-state index contributed by atoms with van der Waals surface area (Å²) >= 11 is 0. The first-order chi connectivity index (χ1) is 12.6. The number of benzene rings is 1. The lowest BCUT2D eigenvalue weighted by molar-refractivity contribution is -0.151. The molecule has 1 aliphatic heterocycles. The Bertz CT molecular complexity index is 745. The SMILES string of the molecule is COc1ccccc1CN1C[C@H]2CCC[C@H](C1)C2(O)c1ccc(C)cn1. The molecule has 26 heavy (non-hydrogen) atoms. The number of para-hydroxylation sites is 1. The topological polar surface area (TPSA) is 45.6 Å². The Morgan fingerprint density at radius 1 is 1.15 bits per heavy atom. The van der Waals surface area contributed by atoms with E-state index in [0.717, 1.165) is 49.5 Å². The fourth-order valence-corrected chi connectivity index (χ4v) is 4.87. The number of rotatable bonds is 4. The van der Waals surface area contributed by atoms with Crippen molar-refractivity contribution in [2.45, 2.75) is 38.3 Å². The van der Waals surface area contributed by atoms with Crippen LogP contribution >= 0.6 is 0 Å². The van der Waals surface area contributed by atoms with Crippen LogP contribution in [0.1, 0.15) is 36.1 Å². The fourth-order valence-electron chi connectivity index (χ4n) is 4.87. The Morgan fingerprint density at radius 2 is 1.88 bits per heavy atom. The minimum Gasteiger partial charge on any atom is -0.496 e. The molecule has 1 aromatic heterocycles. The smallest absolute Gasteiger partial charge is 0.123 e. The summed E-state index contributed by atoms with van der Waals surface area (Å²) in [5.41, 5.74) is 2.42. The second-order valence-corrected chi connectivity index (χ2v) is 7.88. The molecule has 4 heteroatoms. The maximum Gasteiger partial charge on any atom is 0.123 e. The highest BCUT2D eigenvalue weighted by molar-refractivity contribution is 5.33. The van der Waals surface area contributed by atoms with Crippen molar-refractivity contribution in [2.75, 3.05) is 20.2 Å². The fraction of sp³-hybridized carbons (Fsp3) is 0.500. The Morgan fingerprint density at radius 3 is 2.54 bits per heavy atom. The third kappa shape index (κ3) is 3.01. The summed E-state index contributed by atoms with van der Waals surface area (Å²) in [6.07, 6.45) is 5.20. The van der Waals surface area contributed by atoms with Crippen molar-refractivity contribution in [1.29, 1.82) is 0 Å². The normalized spacial score (nSPS) is 28.7. The van der Waals surface area contributed by atoms with Gasteiger partial charge in [0.1, 0.15) is 11.4 Å². The first kappa shape index (κ1) is 17.5. The minimum absolute atomic E-state index is 0.236. The Hall–Kier alpha value is -1.91. The zero-order chi connectivity index (χ0) is 18.1. The largest absolute Gasteiger partial charge is 0.496 e. The number of fused-ring (bicyclic) bond motifs is 2. The molecule has 0 spiro atoms. The number of hydrogen-bond acceptors (Lipinski definition) is 4. The molecule has 2 fully saturated rings. The van der Waals surface area contributed by atoms with Gasteiger partial charge in [-0.25, -0.2) is 0 Å². The van der Waals surface area contributed by atoms with E-state index >= 15 is 0 Å². The Labute approximate surface area is 155 Å². The summed E-state index contributed by atoms with van der Waals surface area (Å²) in [6, 6.07) is 12.3. The van der Waals surface area contributed by atoms with Gasteiger partial charge in [-0.15, -0.1) is 0 Å². The van der Waals surface area contributed by atoms with Gasteiger partial charge in [-0.2, -0.15) is 0 Å². The number of aliphatic hydroxyl groups is 1. The number of nitrogens with zero attached hydrogens (tertiary/aromatic N) is 2. The molecule has 2 aliphatic rings. The molecule has 1 saturated heterocycles. The predicted molar refractivity (Wildman–Crippen MR) is 102 cm³/mol. The number of piperidine rings is 1. The quantitative estimate of drug-likeness (QED) is 0.914. The summed E-state index contributed by atoms with van der Waals surface area (Å²) in [6.45, 7) is 4.72. The summed E-state index contributed by atoms with van der Waals surface area (Å²) in [5, 5.41) is 11.7. The molecule has 1 saturated carbocycles. The van der Waals surface area contributed by atoms with Crippen LogP contribution in [0.25, 0.3) is 0 Å². The highest BCUT2D eigenvalue weighted by Crippen LogP contribution is 2.48. The van der Waals surface area contributed by atoms with Gasteiger partial charge in [0, 0.05) is 43.2 Å². The maximum absolute atomic E-state index is 11.7. The third-order valence-corrected chi connectivity index (χ3v) is 6.22. The van der Waals surface area contributed by atoms with Crippen LogP contribution in [0.5, 0.6) is 5.75 Å². The number of ether oxygens (including phenoxy) is 1. The highest BCUT2D eigenvalue weighted by atomic mass is 16.5. The van der Waals surface area contributed by atoms with Gasteiger partial charge in [0.15, 0.2) is 0 Å². The lowest BCUT2D eigenvalue weighted by atomic mass is 9.64. The van der Waals surface area contributed by atoms with Crippen molar-refractivity contribution in [3.05, 3.63) is 59.4 Å². The molecule has 0 radical (unpaired) electrons. The van der Waals surface area contributed by atoms with Gasteiger partial charge in [-0.1, -0.05) is 30.7 Å². The van der Waals surface area contributed by atoms with E-state index < -0.39 is 5.60 Å². The number of pyridine rings is 1. The first-order valence-electron chi connectivity index (χ1n) is 9.61. The number of methoxy groups -OCH3 is 1. The molecule has 2 atom stereocenters. The van der Waals surface area contributed by atoms with Crippen LogP contribution in [0.15, 0.2) is 42.6 Å². The van der Waals surface area contributed by atoms with E-state index in [0.29, 0.717) is 0 Å². The molecule has 1 aromatic carbocycles. The molecule has 2 aromatic rings. The number of likely N-dealkylation sites (tertiary alicyclic amines) is 1. The standard InChI is InChI=1S/C22H28N2O2/c1-16-10-11-21(23-12-16)22(25)18-7-5-8-19(22)15-24(14-18)13-17-6-3-4-9-20(17)26-2/h3-4,6,9-12,18-19,25H,5,7-8,13-15H2,1-2H3/t18-,19-/m1/s1. The van der Waals surface area contributed by atoms with E-state index in [1.165, 1.54) is 12.0 Å². The second kappa shape index (κ2) is 7.01. The molecule has 138 valence electrons. The molecule has 0 unspecified atom stereocenters. The van der Waals surface area contributed by atoms with Gasteiger partial charge in [0.25, 0.3) is 0 Å². The average Bonchev–Trinajstić information content (AvgIpc) is 2.63. The highest BCUT2D eigenvalue weighted by Gasteiger charge is 2.52. The van der Waals surface area contributed by atoms with Crippen LogP contribution in [-0.2, 0) is 12.1 Å². The zero-order valence-corrected chi connectivity index (χ0v) is 15.7. The van der Waals surface area contributed by atoms with Gasteiger partial charge >= 0.3 is 0 Å². The summed E-state index contributed by atoms with van der Waals surface area (Å²) in [7, 11) is 1.73. The Balaban J connectivity index is 1.57. The van der Waals surface area contributed by atoms with Crippen molar-refractivity contribution < 1.29 is 9.84 Å². The molecule has 0 amide bonds. The van der Waals surface area contributed by atoms with E-state index in [1.807, 2.05) is 31.3 Å². The van der Waals surface area contributed by atoms with E-state index in [-0.39, 0.29) is 11.8 Å². The van der Waals surface area contributed by atoms with Crippen molar-refractivity contribution in [2.24, 2.45) is 11.8 Å². The van der Waals surface area contributed by atoms with Crippen LogP contribution in [0.4, 0.5) is 0 Å². The van der Waals surface area contributed by atoms with Crippen molar-refractivity contribution in [3.8, 4) is 5.75 Å². The molecule has 2 heterocycles. The van der Waals surface area contributed by atoms with Crippen molar-refractivity contribution in [1.82, 2.24) is 9.88 Å². The second-order valence-electron chi connectivity index (χ2n) is 7.88. The van der Waals surface area contributed by atoms with Crippen LogP contribution in [0.2, 0.25) is 0 Å². The number of hydrogen-bond donors (Lipinski definition) is 1. The summed E-state index contributed by atoms with van der Waals surface area (Å²) in [5.74, 6) is 1.42. The number of aryl methyl sites for hydroxylation is 1. The van der Waals surface area contributed by atoms with Gasteiger partial charge < -0.3 is 9.84 Å². The van der Waals surface area contributed by atoms with E-state index in [1.54, 1.807) is 7.11 Å². The van der Waals surface area contributed by atoms with E-state index in [4.69, 9.17) is 4.74 Å². The van der Waals surface area contributed by atoms with Gasteiger partial charge in [0.05, 0.1) is 12.8 Å². The van der Waals surface area contributed by atoms with Crippen molar-refractivity contribution in [3.63, 3.8) is 0 Å². The Kier molecular flexibility index (Phi) is 4.72.